The summed E-state index contributed by atoms with van der Waals surface area (Å²) >= 11 is 4.39. The van der Waals surface area contributed by atoms with Gasteiger partial charge in [0.05, 0.1) is 11.4 Å². The second-order valence-electron chi connectivity index (χ2n) is 3.59. The SMILES string of the molecule is CC(C)=C[C@H](O)[C@@H](S)c1ccccc1. The molecule has 2 heteroatoms. The molecule has 76 valence electrons. The summed E-state index contributed by atoms with van der Waals surface area (Å²) in [6.07, 6.45) is 1.30. The van der Waals surface area contributed by atoms with Crippen LogP contribution >= 0.6 is 12.6 Å². The zero-order valence-corrected chi connectivity index (χ0v) is 9.41. The molecular weight excluding hydrogens is 192 g/mol. The lowest BCUT2D eigenvalue weighted by atomic mass is 10.1. The third-order valence-corrected chi connectivity index (χ3v) is 2.57. The second kappa shape index (κ2) is 5.23. The van der Waals surface area contributed by atoms with Crippen LogP contribution in [0.15, 0.2) is 42.0 Å². The standard InChI is InChI=1S/C12H16OS/c1-9(2)8-11(13)12(14)10-6-4-3-5-7-10/h3-8,11-14H,1-2H3/t11-,12-/m0/s1. The van der Waals surface area contributed by atoms with E-state index < -0.39 is 6.10 Å². The van der Waals surface area contributed by atoms with E-state index in [1.807, 2.05) is 50.3 Å². The van der Waals surface area contributed by atoms with Gasteiger partial charge in [0.25, 0.3) is 0 Å². The molecule has 0 bridgehead atoms. The molecule has 0 aliphatic heterocycles. The summed E-state index contributed by atoms with van der Waals surface area (Å²) in [6.45, 7) is 3.93. The predicted octanol–water partition coefficient (Wildman–Crippen LogP) is 2.98. The first-order chi connectivity index (χ1) is 6.61. The van der Waals surface area contributed by atoms with E-state index in [1.165, 1.54) is 0 Å². The average molecular weight is 208 g/mol. The highest BCUT2D eigenvalue weighted by Crippen LogP contribution is 2.24. The number of hydrogen-bond acceptors (Lipinski definition) is 2. The minimum Gasteiger partial charge on any atom is -0.388 e. The van der Waals surface area contributed by atoms with Crippen LogP contribution in [0.25, 0.3) is 0 Å². The van der Waals surface area contributed by atoms with E-state index in [4.69, 9.17) is 0 Å². The van der Waals surface area contributed by atoms with Crippen molar-refractivity contribution in [3.8, 4) is 0 Å². The Bertz CT molecular complexity index is 301. The molecule has 0 heterocycles. The minimum atomic E-state index is -0.522. The molecule has 1 nitrogen and oxygen atoms in total. The summed E-state index contributed by atoms with van der Waals surface area (Å²) in [4.78, 5) is 0. The second-order valence-corrected chi connectivity index (χ2v) is 4.15. The van der Waals surface area contributed by atoms with Crippen molar-refractivity contribution >= 4 is 12.6 Å². The van der Waals surface area contributed by atoms with Crippen molar-refractivity contribution in [2.24, 2.45) is 0 Å². The van der Waals surface area contributed by atoms with Gasteiger partial charge < -0.3 is 5.11 Å². The quantitative estimate of drug-likeness (QED) is 0.578. The fourth-order valence-corrected chi connectivity index (χ4v) is 1.54. The molecule has 1 N–H and O–H groups in total. The Morgan fingerprint density at radius 1 is 1.29 bits per heavy atom. The zero-order chi connectivity index (χ0) is 10.6. The van der Waals surface area contributed by atoms with Gasteiger partial charge in [0, 0.05) is 0 Å². The van der Waals surface area contributed by atoms with Crippen LogP contribution in [0, 0.1) is 0 Å². The van der Waals surface area contributed by atoms with Gasteiger partial charge in [0.1, 0.15) is 0 Å². The van der Waals surface area contributed by atoms with E-state index in [1.54, 1.807) is 0 Å². The third kappa shape index (κ3) is 3.20. The molecule has 1 aromatic rings. The minimum absolute atomic E-state index is 0.147. The van der Waals surface area contributed by atoms with Gasteiger partial charge in [-0.15, -0.1) is 0 Å². The summed E-state index contributed by atoms with van der Waals surface area (Å²) < 4.78 is 0. The number of thiol groups is 1. The Morgan fingerprint density at radius 2 is 1.86 bits per heavy atom. The maximum absolute atomic E-state index is 9.79. The van der Waals surface area contributed by atoms with E-state index >= 15 is 0 Å². The molecule has 1 rings (SSSR count). The molecule has 0 unspecified atom stereocenters. The molecule has 1 aromatic carbocycles. The topological polar surface area (TPSA) is 20.2 Å². The van der Waals surface area contributed by atoms with Crippen LogP contribution in [-0.4, -0.2) is 11.2 Å². The van der Waals surface area contributed by atoms with Crippen molar-refractivity contribution < 1.29 is 5.11 Å². The van der Waals surface area contributed by atoms with Gasteiger partial charge in [-0.3, -0.25) is 0 Å². The van der Waals surface area contributed by atoms with Crippen LogP contribution in [-0.2, 0) is 0 Å². The highest BCUT2D eigenvalue weighted by atomic mass is 32.1. The van der Waals surface area contributed by atoms with Crippen molar-refractivity contribution in [2.75, 3.05) is 0 Å². The van der Waals surface area contributed by atoms with Crippen LogP contribution in [0.3, 0.4) is 0 Å². The molecule has 0 saturated carbocycles. The molecule has 0 aliphatic rings. The normalized spacial score (nSPS) is 14.6. The molecule has 0 amide bonds. The molecule has 0 fully saturated rings. The number of allylic oxidation sites excluding steroid dienone is 1. The Hall–Kier alpha value is -0.730. The summed E-state index contributed by atoms with van der Waals surface area (Å²) in [5.74, 6) is 0. The first-order valence-electron chi connectivity index (χ1n) is 4.67. The van der Waals surface area contributed by atoms with Gasteiger partial charge in [0.15, 0.2) is 0 Å². The van der Waals surface area contributed by atoms with Crippen molar-refractivity contribution in [1.29, 1.82) is 0 Å². The summed E-state index contributed by atoms with van der Waals surface area (Å²) in [5.41, 5.74) is 2.15. The largest absolute Gasteiger partial charge is 0.388 e. The molecule has 0 spiro atoms. The molecule has 14 heavy (non-hydrogen) atoms. The number of benzene rings is 1. The number of aliphatic hydroxyl groups is 1. The van der Waals surface area contributed by atoms with Gasteiger partial charge in [-0.2, -0.15) is 12.6 Å². The molecule has 0 radical (unpaired) electrons. The lowest BCUT2D eigenvalue weighted by Gasteiger charge is -2.15. The first kappa shape index (κ1) is 11.3. The van der Waals surface area contributed by atoms with Crippen LogP contribution in [0.1, 0.15) is 24.7 Å². The Kier molecular flexibility index (Phi) is 4.23. The predicted molar refractivity (Wildman–Crippen MR) is 63.6 cm³/mol. The van der Waals surface area contributed by atoms with E-state index in [0.717, 1.165) is 11.1 Å². The summed E-state index contributed by atoms with van der Waals surface area (Å²) in [5, 5.41) is 9.64. The van der Waals surface area contributed by atoms with E-state index in [0.29, 0.717) is 0 Å². The fourth-order valence-electron chi connectivity index (χ4n) is 1.28. The van der Waals surface area contributed by atoms with Crippen LogP contribution in [0.2, 0.25) is 0 Å². The monoisotopic (exact) mass is 208 g/mol. The third-order valence-electron chi connectivity index (χ3n) is 1.97. The molecule has 2 atom stereocenters. The summed E-state index contributed by atoms with van der Waals surface area (Å²) in [7, 11) is 0. The van der Waals surface area contributed by atoms with Crippen LogP contribution in [0.5, 0.6) is 0 Å². The van der Waals surface area contributed by atoms with Crippen LogP contribution in [0.4, 0.5) is 0 Å². The number of aliphatic hydroxyl groups excluding tert-OH is 1. The lowest BCUT2D eigenvalue weighted by molar-refractivity contribution is 0.220. The molecule has 0 aliphatic carbocycles. The number of hydrogen-bond donors (Lipinski definition) is 2. The lowest BCUT2D eigenvalue weighted by Crippen LogP contribution is -2.11. The van der Waals surface area contributed by atoms with E-state index in [-0.39, 0.29) is 5.25 Å². The van der Waals surface area contributed by atoms with E-state index in [9.17, 15) is 5.11 Å². The van der Waals surface area contributed by atoms with Gasteiger partial charge in [-0.25, -0.2) is 0 Å². The average Bonchev–Trinajstić information content (AvgIpc) is 2.17. The molecule has 0 saturated heterocycles. The van der Waals surface area contributed by atoms with E-state index in [2.05, 4.69) is 12.6 Å². The Balaban J connectivity index is 2.76. The summed E-state index contributed by atoms with van der Waals surface area (Å²) in [6, 6.07) is 9.80. The van der Waals surface area contributed by atoms with Crippen molar-refractivity contribution in [3.63, 3.8) is 0 Å². The van der Waals surface area contributed by atoms with Crippen molar-refractivity contribution in [1.82, 2.24) is 0 Å². The fraction of sp³-hybridized carbons (Fsp3) is 0.333. The first-order valence-corrected chi connectivity index (χ1v) is 5.19. The van der Waals surface area contributed by atoms with Gasteiger partial charge in [-0.05, 0) is 19.4 Å². The van der Waals surface area contributed by atoms with Crippen LogP contribution < -0.4 is 0 Å². The zero-order valence-electron chi connectivity index (χ0n) is 8.51. The smallest absolute Gasteiger partial charge is 0.0880 e. The van der Waals surface area contributed by atoms with Gasteiger partial charge in [0.2, 0.25) is 0 Å². The van der Waals surface area contributed by atoms with Gasteiger partial charge in [-0.1, -0.05) is 42.0 Å². The van der Waals surface area contributed by atoms with Crippen molar-refractivity contribution in [3.05, 3.63) is 47.5 Å². The van der Waals surface area contributed by atoms with Gasteiger partial charge >= 0.3 is 0 Å². The molecular formula is C12H16OS. The molecule has 0 aromatic heterocycles. The highest BCUT2D eigenvalue weighted by Gasteiger charge is 2.13. The van der Waals surface area contributed by atoms with Crippen molar-refractivity contribution in [2.45, 2.75) is 25.2 Å². The Morgan fingerprint density at radius 3 is 2.36 bits per heavy atom. The number of rotatable bonds is 3. The highest BCUT2D eigenvalue weighted by molar-refractivity contribution is 7.80. The Labute approximate surface area is 90.9 Å². The maximum atomic E-state index is 9.79. The maximum Gasteiger partial charge on any atom is 0.0880 e.